The average Bonchev–Trinajstić information content (AvgIpc) is 3.15. The molecule has 0 saturated heterocycles. The summed E-state index contributed by atoms with van der Waals surface area (Å²) in [4.78, 5) is 12.2. The normalized spacial score (nSPS) is 11.9. The molecule has 0 aliphatic rings. The van der Waals surface area contributed by atoms with E-state index in [2.05, 4.69) is 10.2 Å². The molecular weight excluding hydrogens is 398 g/mol. The van der Waals surface area contributed by atoms with E-state index in [0.717, 1.165) is 12.1 Å². The number of benzene rings is 2. The maximum atomic E-state index is 13.6. The monoisotopic (exact) mass is 410 g/mol. The van der Waals surface area contributed by atoms with Gasteiger partial charge in [-0.2, -0.15) is 0 Å². The van der Waals surface area contributed by atoms with Crippen LogP contribution >= 0.6 is 23.2 Å². The van der Waals surface area contributed by atoms with Crippen molar-refractivity contribution in [3.8, 4) is 17.2 Å². The van der Waals surface area contributed by atoms with E-state index < -0.39 is 17.9 Å². The number of hydrogen-bond acceptors (Lipinski definition) is 6. The van der Waals surface area contributed by atoms with Crippen LogP contribution in [0, 0.1) is 5.82 Å². The second kappa shape index (κ2) is 7.94. The highest BCUT2D eigenvalue weighted by atomic mass is 35.5. The third-order valence-electron chi connectivity index (χ3n) is 3.64. The van der Waals surface area contributed by atoms with E-state index in [1.165, 1.54) is 0 Å². The van der Waals surface area contributed by atoms with Crippen molar-refractivity contribution in [1.29, 1.82) is 0 Å². The van der Waals surface area contributed by atoms with Gasteiger partial charge in [0.15, 0.2) is 6.10 Å². The van der Waals surface area contributed by atoms with Gasteiger partial charge in [-0.25, -0.2) is 9.18 Å². The van der Waals surface area contributed by atoms with Crippen LogP contribution in [0.15, 0.2) is 40.8 Å². The molecule has 0 saturated carbocycles. The summed E-state index contributed by atoms with van der Waals surface area (Å²) in [7, 11) is 1.56. The first-order valence-corrected chi connectivity index (χ1v) is 8.48. The van der Waals surface area contributed by atoms with Crippen molar-refractivity contribution in [2.24, 2.45) is 0 Å². The van der Waals surface area contributed by atoms with Crippen LogP contribution in [-0.4, -0.2) is 23.3 Å². The van der Waals surface area contributed by atoms with Gasteiger partial charge in [-0.3, -0.25) is 0 Å². The predicted molar refractivity (Wildman–Crippen MR) is 96.5 cm³/mol. The second-order valence-electron chi connectivity index (χ2n) is 5.47. The standard InChI is InChI=1S/C18H13Cl2FN2O4/c1-9(26-18(24)12-7-15(21)14(20)8-13(12)19)16-22-23-17(27-16)10-3-5-11(25-2)6-4-10/h3-9H,1-2H3/t9-/m0/s1. The summed E-state index contributed by atoms with van der Waals surface area (Å²) < 4.78 is 29.4. The molecule has 0 aliphatic carbocycles. The van der Waals surface area contributed by atoms with Crippen LogP contribution in [0.3, 0.4) is 0 Å². The van der Waals surface area contributed by atoms with Crippen LogP contribution in [0.4, 0.5) is 4.39 Å². The lowest BCUT2D eigenvalue weighted by Gasteiger charge is -2.10. The Bertz CT molecular complexity index is 976. The second-order valence-corrected chi connectivity index (χ2v) is 6.28. The molecule has 2 aromatic carbocycles. The SMILES string of the molecule is COc1ccc(-c2nnc([C@H](C)OC(=O)c3cc(F)c(Cl)cc3Cl)o2)cc1. The van der Waals surface area contributed by atoms with Gasteiger partial charge < -0.3 is 13.9 Å². The van der Waals surface area contributed by atoms with Crippen LogP contribution in [0.5, 0.6) is 5.75 Å². The van der Waals surface area contributed by atoms with E-state index in [0.29, 0.717) is 11.3 Å². The van der Waals surface area contributed by atoms with Crippen molar-refractivity contribution >= 4 is 29.2 Å². The van der Waals surface area contributed by atoms with Gasteiger partial charge in [0.1, 0.15) is 11.6 Å². The molecule has 9 heteroatoms. The lowest BCUT2D eigenvalue weighted by atomic mass is 10.2. The molecular formula is C18H13Cl2FN2O4. The fraction of sp³-hybridized carbons (Fsp3) is 0.167. The molecule has 0 spiro atoms. The van der Waals surface area contributed by atoms with Crippen molar-refractivity contribution in [1.82, 2.24) is 10.2 Å². The van der Waals surface area contributed by atoms with Gasteiger partial charge >= 0.3 is 5.97 Å². The van der Waals surface area contributed by atoms with Gasteiger partial charge in [-0.1, -0.05) is 23.2 Å². The van der Waals surface area contributed by atoms with Gasteiger partial charge in [0.05, 0.1) is 22.7 Å². The molecule has 140 valence electrons. The third-order valence-corrected chi connectivity index (χ3v) is 4.24. The Morgan fingerprint density at radius 3 is 2.52 bits per heavy atom. The maximum Gasteiger partial charge on any atom is 0.340 e. The van der Waals surface area contributed by atoms with Crippen molar-refractivity contribution in [2.45, 2.75) is 13.0 Å². The Balaban J connectivity index is 1.75. The molecule has 0 aliphatic heterocycles. The minimum Gasteiger partial charge on any atom is -0.497 e. The third kappa shape index (κ3) is 4.20. The summed E-state index contributed by atoms with van der Waals surface area (Å²) in [6, 6.07) is 9.05. The molecule has 1 atom stereocenters. The molecule has 1 aromatic heterocycles. The smallest absolute Gasteiger partial charge is 0.340 e. The van der Waals surface area contributed by atoms with Gasteiger partial charge in [0.25, 0.3) is 5.89 Å². The average molecular weight is 411 g/mol. The molecule has 0 amide bonds. The van der Waals surface area contributed by atoms with Crippen LogP contribution < -0.4 is 4.74 Å². The number of esters is 1. The molecule has 0 radical (unpaired) electrons. The number of halogens is 3. The zero-order valence-electron chi connectivity index (χ0n) is 14.2. The van der Waals surface area contributed by atoms with Crippen molar-refractivity contribution in [2.75, 3.05) is 7.11 Å². The number of carbonyl (C=O) groups is 1. The Morgan fingerprint density at radius 2 is 1.85 bits per heavy atom. The molecule has 27 heavy (non-hydrogen) atoms. The van der Waals surface area contributed by atoms with E-state index >= 15 is 0 Å². The maximum absolute atomic E-state index is 13.6. The zero-order valence-corrected chi connectivity index (χ0v) is 15.7. The summed E-state index contributed by atoms with van der Waals surface area (Å²) in [5.74, 6) is -0.591. The topological polar surface area (TPSA) is 74.5 Å². The number of hydrogen-bond donors (Lipinski definition) is 0. The Labute approximate surface area is 163 Å². The highest BCUT2D eigenvalue weighted by Crippen LogP contribution is 2.28. The Hall–Kier alpha value is -2.64. The lowest BCUT2D eigenvalue weighted by molar-refractivity contribution is 0.0279. The first-order chi connectivity index (χ1) is 12.9. The summed E-state index contributed by atoms with van der Waals surface area (Å²) in [6.07, 6.45) is -0.869. The van der Waals surface area contributed by atoms with E-state index in [4.69, 9.17) is 37.1 Å². The van der Waals surface area contributed by atoms with Gasteiger partial charge in [0.2, 0.25) is 5.89 Å². The highest BCUT2D eigenvalue weighted by Gasteiger charge is 2.22. The number of rotatable bonds is 5. The van der Waals surface area contributed by atoms with Gasteiger partial charge in [-0.05, 0) is 43.3 Å². The molecule has 0 bridgehead atoms. The summed E-state index contributed by atoms with van der Waals surface area (Å²) in [6.45, 7) is 1.55. The molecule has 6 nitrogen and oxygen atoms in total. The van der Waals surface area contributed by atoms with Crippen molar-refractivity contribution in [3.63, 3.8) is 0 Å². The van der Waals surface area contributed by atoms with Crippen LogP contribution in [0.1, 0.15) is 29.3 Å². The molecule has 3 aromatic rings. The first kappa shape index (κ1) is 19.1. The van der Waals surface area contributed by atoms with E-state index in [9.17, 15) is 9.18 Å². The lowest BCUT2D eigenvalue weighted by Crippen LogP contribution is -2.10. The number of aromatic nitrogens is 2. The predicted octanol–water partition coefficient (Wildman–Crippen LogP) is 5.11. The van der Waals surface area contributed by atoms with Gasteiger partial charge in [-0.15, -0.1) is 10.2 Å². The molecule has 1 heterocycles. The summed E-state index contributed by atoms with van der Waals surface area (Å²) in [5, 5.41) is 7.60. The number of nitrogens with zero attached hydrogens (tertiary/aromatic N) is 2. The Morgan fingerprint density at radius 1 is 1.15 bits per heavy atom. The molecule has 0 unspecified atom stereocenters. The van der Waals surface area contributed by atoms with E-state index in [1.807, 2.05) is 0 Å². The van der Waals surface area contributed by atoms with Gasteiger partial charge in [0, 0.05) is 5.56 Å². The van der Waals surface area contributed by atoms with Crippen LogP contribution in [-0.2, 0) is 4.74 Å². The number of carbonyl (C=O) groups excluding carboxylic acids is 1. The van der Waals surface area contributed by atoms with Crippen LogP contribution in [0.2, 0.25) is 10.0 Å². The zero-order chi connectivity index (χ0) is 19.6. The molecule has 0 N–H and O–H groups in total. The molecule has 0 fully saturated rings. The number of ether oxygens (including phenoxy) is 2. The minimum absolute atomic E-state index is 0.0250. The minimum atomic E-state index is -0.869. The largest absolute Gasteiger partial charge is 0.497 e. The van der Waals surface area contributed by atoms with Crippen LogP contribution in [0.25, 0.3) is 11.5 Å². The summed E-state index contributed by atoms with van der Waals surface area (Å²) >= 11 is 11.5. The first-order valence-electron chi connectivity index (χ1n) is 7.72. The number of methoxy groups -OCH3 is 1. The fourth-order valence-electron chi connectivity index (χ4n) is 2.20. The Kier molecular flexibility index (Phi) is 5.62. The van der Waals surface area contributed by atoms with E-state index in [1.54, 1.807) is 38.3 Å². The van der Waals surface area contributed by atoms with Crippen molar-refractivity contribution in [3.05, 3.63) is 63.7 Å². The highest BCUT2D eigenvalue weighted by molar-refractivity contribution is 6.36. The fourth-order valence-corrected chi connectivity index (χ4v) is 2.66. The van der Waals surface area contributed by atoms with Crippen molar-refractivity contribution < 1.29 is 23.1 Å². The van der Waals surface area contributed by atoms with E-state index in [-0.39, 0.29) is 27.4 Å². The summed E-state index contributed by atoms with van der Waals surface area (Å²) in [5.41, 5.74) is 0.524. The molecule has 3 rings (SSSR count). The quantitative estimate of drug-likeness (QED) is 0.429.